The lowest BCUT2D eigenvalue weighted by atomic mass is 10.2. The molecule has 1 heterocycles. The fourth-order valence-corrected chi connectivity index (χ4v) is 1.90. The third-order valence-corrected chi connectivity index (χ3v) is 2.83. The maximum Gasteiger partial charge on any atom is 0.156 e. The summed E-state index contributed by atoms with van der Waals surface area (Å²) in [5.74, 6) is 0.501. The Hall–Kier alpha value is -2.21. The van der Waals surface area contributed by atoms with E-state index >= 15 is 0 Å². The predicted octanol–water partition coefficient (Wildman–Crippen LogP) is 3.14. The van der Waals surface area contributed by atoms with Crippen LogP contribution in [0.15, 0.2) is 18.2 Å². The molecule has 1 aromatic carbocycles. The number of hydrogen-bond acceptors (Lipinski definition) is 5. The van der Waals surface area contributed by atoms with Crippen LogP contribution in [0.25, 0.3) is 0 Å². The van der Waals surface area contributed by atoms with Crippen molar-refractivity contribution in [2.45, 2.75) is 6.92 Å². The van der Waals surface area contributed by atoms with E-state index in [-0.39, 0.29) is 22.3 Å². The molecule has 0 atom stereocenters. The summed E-state index contributed by atoms with van der Waals surface area (Å²) in [7, 11) is 1.42. The molecule has 0 radical (unpaired) electrons. The minimum atomic E-state index is -0.431. The van der Waals surface area contributed by atoms with Gasteiger partial charge in [-0.25, -0.2) is 14.4 Å². The SMILES string of the molecule is COc1cc(F)ccc1Nc1nc(C)nc(Cl)c1C=O. The van der Waals surface area contributed by atoms with E-state index in [0.717, 1.165) is 0 Å². The molecule has 5 nitrogen and oxygen atoms in total. The molecule has 2 rings (SSSR count). The Morgan fingerprint density at radius 1 is 1.40 bits per heavy atom. The summed E-state index contributed by atoms with van der Waals surface area (Å²) >= 11 is 5.89. The van der Waals surface area contributed by atoms with Crippen LogP contribution in [-0.2, 0) is 0 Å². The van der Waals surface area contributed by atoms with E-state index in [4.69, 9.17) is 16.3 Å². The smallest absolute Gasteiger partial charge is 0.156 e. The van der Waals surface area contributed by atoms with E-state index in [9.17, 15) is 9.18 Å². The summed E-state index contributed by atoms with van der Waals surface area (Å²) in [6.45, 7) is 1.65. The predicted molar refractivity (Wildman–Crippen MR) is 73.4 cm³/mol. The second-order valence-corrected chi connectivity index (χ2v) is 4.27. The summed E-state index contributed by atoms with van der Waals surface area (Å²) in [4.78, 5) is 19.1. The topological polar surface area (TPSA) is 64.1 Å². The maximum absolute atomic E-state index is 13.1. The average Bonchev–Trinajstić information content (AvgIpc) is 2.40. The zero-order chi connectivity index (χ0) is 14.7. The molecule has 2 aromatic rings. The molecule has 7 heteroatoms. The number of anilines is 2. The van der Waals surface area contributed by atoms with Gasteiger partial charge in [0.1, 0.15) is 28.4 Å². The molecule has 0 spiro atoms. The molecule has 0 fully saturated rings. The maximum atomic E-state index is 13.1. The van der Waals surface area contributed by atoms with Crippen molar-refractivity contribution in [2.24, 2.45) is 0 Å². The van der Waals surface area contributed by atoms with Crippen molar-refractivity contribution in [3.63, 3.8) is 0 Å². The third kappa shape index (κ3) is 2.85. The van der Waals surface area contributed by atoms with Crippen LogP contribution >= 0.6 is 11.6 Å². The number of nitrogens with zero attached hydrogens (tertiary/aromatic N) is 2. The number of aryl methyl sites for hydroxylation is 1. The second kappa shape index (κ2) is 5.83. The summed E-state index contributed by atoms with van der Waals surface area (Å²) in [5, 5.41) is 2.95. The van der Waals surface area contributed by atoms with Gasteiger partial charge < -0.3 is 10.1 Å². The van der Waals surface area contributed by atoms with Gasteiger partial charge in [0, 0.05) is 6.07 Å². The molecular formula is C13H11ClFN3O2. The van der Waals surface area contributed by atoms with E-state index in [1.807, 2.05) is 0 Å². The molecule has 20 heavy (non-hydrogen) atoms. The van der Waals surface area contributed by atoms with E-state index in [1.54, 1.807) is 6.92 Å². The summed E-state index contributed by atoms with van der Waals surface area (Å²) in [6, 6.07) is 3.97. The van der Waals surface area contributed by atoms with Crippen molar-refractivity contribution in [3.05, 3.63) is 40.6 Å². The standard InChI is InChI=1S/C13H11ClFN3O2/c1-7-16-12(14)9(6-19)13(17-7)18-10-4-3-8(15)5-11(10)20-2/h3-6H,1-2H3,(H,16,17,18). The molecule has 1 aromatic heterocycles. The Bertz CT molecular complexity index is 664. The van der Waals surface area contributed by atoms with Crippen molar-refractivity contribution in [2.75, 3.05) is 12.4 Å². The molecule has 0 unspecified atom stereocenters. The highest BCUT2D eigenvalue weighted by Crippen LogP contribution is 2.30. The number of aldehydes is 1. The lowest BCUT2D eigenvalue weighted by Crippen LogP contribution is -2.04. The van der Waals surface area contributed by atoms with Crippen molar-refractivity contribution < 1.29 is 13.9 Å². The van der Waals surface area contributed by atoms with Crippen molar-refractivity contribution in [1.82, 2.24) is 9.97 Å². The van der Waals surface area contributed by atoms with Gasteiger partial charge in [0.15, 0.2) is 6.29 Å². The Kier molecular flexibility index (Phi) is 4.14. The summed E-state index contributed by atoms with van der Waals surface area (Å²) in [6.07, 6.45) is 0.556. The highest BCUT2D eigenvalue weighted by atomic mass is 35.5. The summed E-state index contributed by atoms with van der Waals surface area (Å²) in [5.41, 5.74) is 0.592. The van der Waals surface area contributed by atoms with Crippen LogP contribution in [0.5, 0.6) is 5.75 Å². The van der Waals surface area contributed by atoms with Crippen LogP contribution < -0.4 is 10.1 Å². The van der Waals surface area contributed by atoms with Crippen molar-refractivity contribution in [1.29, 1.82) is 0 Å². The van der Waals surface area contributed by atoms with E-state index in [1.165, 1.54) is 25.3 Å². The molecule has 1 N–H and O–H groups in total. The van der Waals surface area contributed by atoms with Gasteiger partial charge in [-0.2, -0.15) is 0 Å². The number of halogens is 2. The van der Waals surface area contributed by atoms with Crippen LogP contribution in [0.4, 0.5) is 15.9 Å². The van der Waals surface area contributed by atoms with Crippen LogP contribution in [0.2, 0.25) is 5.15 Å². The average molecular weight is 296 g/mol. The molecule has 0 saturated carbocycles. The minimum absolute atomic E-state index is 0.0519. The monoisotopic (exact) mass is 295 g/mol. The largest absolute Gasteiger partial charge is 0.494 e. The number of carbonyl (C=O) groups is 1. The van der Waals surface area contributed by atoms with Crippen LogP contribution in [0.3, 0.4) is 0 Å². The highest BCUT2D eigenvalue weighted by Gasteiger charge is 2.13. The lowest BCUT2D eigenvalue weighted by molar-refractivity contribution is 0.112. The fraction of sp³-hybridized carbons (Fsp3) is 0.154. The molecule has 0 saturated heterocycles. The van der Waals surface area contributed by atoms with Crippen molar-refractivity contribution >= 4 is 29.4 Å². The van der Waals surface area contributed by atoms with Crippen LogP contribution in [0, 0.1) is 12.7 Å². The van der Waals surface area contributed by atoms with Gasteiger partial charge in [-0.1, -0.05) is 11.6 Å². The zero-order valence-electron chi connectivity index (χ0n) is 10.8. The molecule has 0 amide bonds. The zero-order valence-corrected chi connectivity index (χ0v) is 11.5. The Labute approximate surface area is 119 Å². The van der Waals surface area contributed by atoms with E-state index in [0.29, 0.717) is 17.8 Å². The van der Waals surface area contributed by atoms with Crippen molar-refractivity contribution in [3.8, 4) is 5.75 Å². The van der Waals surface area contributed by atoms with E-state index < -0.39 is 5.82 Å². The van der Waals surface area contributed by atoms with Gasteiger partial charge in [-0.05, 0) is 19.1 Å². The number of methoxy groups -OCH3 is 1. The normalized spacial score (nSPS) is 10.2. The first kappa shape index (κ1) is 14.2. The molecular weight excluding hydrogens is 285 g/mol. The van der Waals surface area contributed by atoms with Gasteiger partial charge in [0.25, 0.3) is 0 Å². The number of carbonyl (C=O) groups excluding carboxylic acids is 1. The first-order chi connectivity index (χ1) is 9.55. The van der Waals surface area contributed by atoms with E-state index in [2.05, 4.69) is 15.3 Å². The Morgan fingerprint density at radius 3 is 2.80 bits per heavy atom. The van der Waals surface area contributed by atoms with Gasteiger partial charge in [-0.15, -0.1) is 0 Å². The Balaban J connectivity index is 2.47. The third-order valence-electron chi connectivity index (χ3n) is 2.55. The second-order valence-electron chi connectivity index (χ2n) is 3.91. The molecule has 0 aliphatic carbocycles. The van der Waals surface area contributed by atoms with Gasteiger partial charge in [0.2, 0.25) is 0 Å². The van der Waals surface area contributed by atoms with Gasteiger partial charge in [-0.3, -0.25) is 4.79 Å². The first-order valence-corrected chi connectivity index (χ1v) is 6.03. The van der Waals surface area contributed by atoms with Crippen LogP contribution in [0.1, 0.15) is 16.2 Å². The minimum Gasteiger partial charge on any atom is -0.494 e. The molecule has 104 valence electrons. The number of ether oxygens (including phenoxy) is 1. The number of benzene rings is 1. The molecule has 0 bridgehead atoms. The fourth-order valence-electron chi connectivity index (χ4n) is 1.64. The molecule has 0 aliphatic rings. The lowest BCUT2D eigenvalue weighted by Gasteiger charge is -2.12. The molecule has 0 aliphatic heterocycles. The number of rotatable bonds is 4. The number of nitrogens with one attached hydrogen (secondary N) is 1. The summed E-state index contributed by atoms with van der Waals surface area (Å²) < 4.78 is 18.2. The first-order valence-electron chi connectivity index (χ1n) is 5.65. The highest BCUT2D eigenvalue weighted by molar-refractivity contribution is 6.32. The van der Waals surface area contributed by atoms with Crippen LogP contribution in [-0.4, -0.2) is 23.4 Å². The quantitative estimate of drug-likeness (QED) is 0.693. The van der Waals surface area contributed by atoms with Gasteiger partial charge >= 0.3 is 0 Å². The Morgan fingerprint density at radius 2 is 2.15 bits per heavy atom. The van der Waals surface area contributed by atoms with Gasteiger partial charge in [0.05, 0.1) is 18.4 Å². The number of hydrogen-bond donors (Lipinski definition) is 1. The number of aromatic nitrogens is 2.